The summed E-state index contributed by atoms with van der Waals surface area (Å²) in [6.45, 7) is 5.87. The topological polar surface area (TPSA) is 140 Å². The van der Waals surface area contributed by atoms with Crippen LogP contribution in [0.3, 0.4) is 0 Å². The number of anilines is 2. The van der Waals surface area contributed by atoms with Crippen molar-refractivity contribution in [3.8, 4) is 5.75 Å². The Hall–Kier alpha value is -4.92. The van der Waals surface area contributed by atoms with Gasteiger partial charge in [-0.3, -0.25) is 9.59 Å². The molecule has 0 radical (unpaired) electrons. The SMILES string of the molecule is C=c1[nH]c(=O)c(=Cc2ccc(N(C)Cc3cc(C)cc(N=Nc4ccccc4N)c3O)cc2)c(=O)[nH]1. The Kier molecular flexibility index (Phi) is 6.82. The zero-order chi connectivity index (χ0) is 25.8. The van der Waals surface area contributed by atoms with E-state index in [9.17, 15) is 14.7 Å². The van der Waals surface area contributed by atoms with Gasteiger partial charge in [-0.2, -0.15) is 0 Å². The number of aromatic amines is 2. The number of hydrogen-bond acceptors (Lipinski definition) is 7. The van der Waals surface area contributed by atoms with Crippen LogP contribution in [0.4, 0.5) is 22.7 Å². The molecule has 0 spiro atoms. The fraction of sp³-hybridized carbons (Fsp3) is 0.111. The maximum absolute atomic E-state index is 12.1. The number of para-hydroxylation sites is 1. The number of nitrogens with one attached hydrogen (secondary N) is 2. The molecule has 4 aromatic rings. The van der Waals surface area contributed by atoms with Gasteiger partial charge in [0.1, 0.15) is 27.8 Å². The first-order valence-electron chi connectivity index (χ1n) is 11.1. The molecule has 0 bridgehead atoms. The summed E-state index contributed by atoms with van der Waals surface area (Å²) in [6.07, 6.45) is 1.52. The van der Waals surface area contributed by atoms with Crippen molar-refractivity contribution >= 4 is 35.4 Å². The van der Waals surface area contributed by atoms with Crippen molar-refractivity contribution in [3.05, 3.63) is 109 Å². The number of aromatic hydroxyl groups is 1. The minimum Gasteiger partial charge on any atom is -0.505 e. The van der Waals surface area contributed by atoms with E-state index in [1.807, 2.05) is 61.3 Å². The minimum atomic E-state index is -0.497. The third kappa shape index (κ3) is 5.41. The van der Waals surface area contributed by atoms with E-state index < -0.39 is 11.1 Å². The largest absolute Gasteiger partial charge is 0.505 e. The van der Waals surface area contributed by atoms with Gasteiger partial charge in [0.2, 0.25) is 0 Å². The van der Waals surface area contributed by atoms with E-state index in [0.29, 0.717) is 34.7 Å². The molecule has 0 fully saturated rings. The second-order valence-electron chi connectivity index (χ2n) is 8.44. The van der Waals surface area contributed by atoms with Gasteiger partial charge in [-0.15, -0.1) is 10.2 Å². The molecule has 0 aliphatic heterocycles. The zero-order valence-corrected chi connectivity index (χ0v) is 19.9. The summed E-state index contributed by atoms with van der Waals surface area (Å²) >= 11 is 0. The summed E-state index contributed by atoms with van der Waals surface area (Å²) in [5.74, 6) is 0.0444. The molecule has 36 heavy (non-hydrogen) atoms. The number of azo groups is 1. The van der Waals surface area contributed by atoms with E-state index in [0.717, 1.165) is 11.3 Å². The number of aryl methyl sites for hydroxylation is 1. The first-order chi connectivity index (χ1) is 17.2. The number of hydrogen-bond donors (Lipinski definition) is 4. The Labute approximate surface area is 206 Å². The van der Waals surface area contributed by atoms with Crippen molar-refractivity contribution < 1.29 is 5.11 Å². The van der Waals surface area contributed by atoms with Crippen molar-refractivity contribution in [1.29, 1.82) is 0 Å². The normalized spacial score (nSPS) is 11.1. The summed E-state index contributed by atoms with van der Waals surface area (Å²) in [4.78, 5) is 31.1. The fourth-order valence-corrected chi connectivity index (χ4v) is 3.73. The molecule has 5 N–H and O–H groups in total. The summed E-state index contributed by atoms with van der Waals surface area (Å²) in [7, 11) is 1.90. The van der Waals surface area contributed by atoms with Crippen LogP contribution >= 0.6 is 0 Å². The lowest BCUT2D eigenvalue weighted by molar-refractivity contribution is 0.468. The molecule has 0 aliphatic carbocycles. The highest BCUT2D eigenvalue weighted by Gasteiger charge is 2.12. The zero-order valence-electron chi connectivity index (χ0n) is 19.9. The van der Waals surface area contributed by atoms with Gasteiger partial charge in [-0.1, -0.05) is 36.9 Å². The molecule has 1 aromatic heterocycles. The third-order valence-electron chi connectivity index (χ3n) is 5.59. The van der Waals surface area contributed by atoms with Gasteiger partial charge in [0.25, 0.3) is 11.1 Å². The molecule has 0 saturated heterocycles. The third-order valence-corrected chi connectivity index (χ3v) is 5.59. The van der Waals surface area contributed by atoms with Gasteiger partial charge in [-0.05, 0) is 54.5 Å². The van der Waals surface area contributed by atoms with Crippen molar-refractivity contribution in [2.75, 3.05) is 17.7 Å². The number of benzene rings is 3. The highest BCUT2D eigenvalue weighted by atomic mass is 16.3. The number of aromatic nitrogens is 2. The second kappa shape index (κ2) is 10.1. The number of rotatable bonds is 6. The summed E-state index contributed by atoms with van der Waals surface area (Å²) in [5.41, 5.74) is 9.67. The average Bonchev–Trinajstić information content (AvgIpc) is 2.83. The molecule has 182 valence electrons. The van der Waals surface area contributed by atoms with Crippen molar-refractivity contribution in [3.63, 3.8) is 0 Å². The standard InChI is InChI=1S/C27H26N6O3/c1-16-12-19(25(34)24(13-16)32-31-23-7-5-4-6-22(23)28)15-33(3)20-10-8-18(9-11-20)14-21-26(35)29-17(2)30-27(21)36/h4-14,34H,2,15,28H2,1,3H3,(H,29,35)(H,30,36). The van der Waals surface area contributed by atoms with Crippen LogP contribution in [0, 0.1) is 6.92 Å². The van der Waals surface area contributed by atoms with Crippen LogP contribution < -0.4 is 32.5 Å². The number of nitrogens with zero attached hydrogens (tertiary/aromatic N) is 3. The Balaban J connectivity index is 1.57. The molecule has 9 heteroatoms. The molecule has 9 nitrogen and oxygen atoms in total. The van der Waals surface area contributed by atoms with Gasteiger partial charge in [-0.25, -0.2) is 0 Å². The monoisotopic (exact) mass is 482 g/mol. The number of nitrogens with two attached hydrogens (primary N) is 1. The number of nitrogen functional groups attached to an aromatic ring is 1. The van der Waals surface area contributed by atoms with E-state index in [2.05, 4.69) is 26.8 Å². The second-order valence-corrected chi connectivity index (χ2v) is 8.44. The van der Waals surface area contributed by atoms with Crippen molar-refractivity contribution in [2.45, 2.75) is 13.5 Å². The Morgan fingerprint density at radius 3 is 2.31 bits per heavy atom. The molecule has 4 rings (SSSR count). The molecule has 0 saturated carbocycles. The Morgan fingerprint density at radius 2 is 1.64 bits per heavy atom. The maximum Gasteiger partial charge on any atom is 0.262 e. The van der Waals surface area contributed by atoms with Crippen molar-refractivity contribution in [2.24, 2.45) is 10.2 Å². The summed E-state index contributed by atoms with van der Waals surface area (Å²) < 4.78 is 0. The Bertz CT molecular complexity index is 1630. The molecular weight excluding hydrogens is 456 g/mol. The Morgan fingerprint density at radius 1 is 1.00 bits per heavy atom. The predicted molar refractivity (Wildman–Crippen MR) is 142 cm³/mol. The molecular formula is C27H26N6O3. The van der Waals surface area contributed by atoms with Crippen LogP contribution in [-0.2, 0) is 6.54 Å². The van der Waals surface area contributed by atoms with Crippen LogP contribution in [0.25, 0.3) is 12.7 Å². The molecule has 0 atom stereocenters. The number of phenols is 1. The van der Waals surface area contributed by atoms with Gasteiger partial charge in [0, 0.05) is 24.8 Å². The lowest BCUT2D eigenvalue weighted by Crippen LogP contribution is -2.47. The van der Waals surface area contributed by atoms with Crippen LogP contribution in [0.1, 0.15) is 16.7 Å². The predicted octanol–water partition coefficient (Wildman–Crippen LogP) is 2.95. The lowest BCUT2D eigenvalue weighted by atomic mass is 10.1. The maximum atomic E-state index is 12.1. The van der Waals surface area contributed by atoms with E-state index in [-0.39, 0.29) is 16.4 Å². The van der Waals surface area contributed by atoms with E-state index in [4.69, 9.17) is 5.73 Å². The highest BCUT2D eigenvalue weighted by molar-refractivity contribution is 5.63. The highest BCUT2D eigenvalue weighted by Crippen LogP contribution is 2.35. The van der Waals surface area contributed by atoms with Crippen LogP contribution in [0.5, 0.6) is 5.75 Å². The van der Waals surface area contributed by atoms with Crippen LogP contribution in [-0.4, -0.2) is 22.1 Å². The summed E-state index contributed by atoms with van der Waals surface area (Å²) in [6, 6.07) is 18.1. The van der Waals surface area contributed by atoms with Crippen LogP contribution in [0.15, 0.2) is 80.5 Å². The summed E-state index contributed by atoms with van der Waals surface area (Å²) in [5, 5.41) is 19.3. The molecule has 0 unspecified atom stereocenters. The number of H-pyrrole nitrogens is 2. The first kappa shape index (κ1) is 24.2. The molecule has 0 aliphatic rings. The van der Waals surface area contributed by atoms with Gasteiger partial charge in [0.15, 0.2) is 0 Å². The minimum absolute atomic E-state index is 0.00661. The molecule has 0 amide bonds. The van der Waals surface area contributed by atoms with Crippen molar-refractivity contribution in [1.82, 2.24) is 9.97 Å². The van der Waals surface area contributed by atoms with E-state index >= 15 is 0 Å². The average molecular weight is 483 g/mol. The van der Waals surface area contributed by atoms with E-state index in [1.54, 1.807) is 18.2 Å². The molecule has 3 aromatic carbocycles. The lowest BCUT2D eigenvalue weighted by Gasteiger charge is -2.21. The quantitative estimate of drug-likeness (QED) is 0.247. The van der Waals surface area contributed by atoms with E-state index in [1.165, 1.54) is 6.08 Å². The fourth-order valence-electron chi connectivity index (χ4n) is 3.73. The molecule has 1 heterocycles. The van der Waals surface area contributed by atoms with Gasteiger partial charge >= 0.3 is 0 Å². The van der Waals surface area contributed by atoms with Crippen LogP contribution in [0.2, 0.25) is 0 Å². The smallest absolute Gasteiger partial charge is 0.262 e. The van der Waals surface area contributed by atoms with Gasteiger partial charge in [0.05, 0.1) is 5.69 Å². The van der Waals surface area contributed by atoms with Gasteiger partial charge < -0.3 is 25.7 Å². The number of phenolic OH excluding ortho intramolecular Hbond substituents is 1. The first-order valence-corrected chi connectivity index (χ1v) is 11.1.